The molecular weight excluding hydrogens is 425 g/mol. The van der Waals surface area contributed by atoms with Crippen molar-refractivity contribution >= 4 is 21.6 Å². The molecule has 0 radical (unpaired) electrons. The van der Waals surface area contributed by atoms with Crippen LogP contribution >= 0.6 is 0 Å². The van der Waals surface area contributed by atoms with Gasteiger partial charge in [0.05, 0.1) is 19.3 Å². The average Bonchev–Trinajstić information content (AvgIpc) is 2.67. The van der Waals surface area contributed by atoms with Crippen molar-refractivity contribution in [2.24, 2.45) is 0 Å². The Balaban J connectivity index is 1.86. The Morgan fingerprint density at radius 2 is 1.80 bits per heavy atom. The number of aliphatic hydroxyl groups is 1. The lowest BCUT2D eigenvalue weighted by Crippen LogP contribution is -2.39. The van der Waals surface area contributed by atoms with Gasteiger partial charge in [-0.05, 0) is 36.8 Å². The van der Waals surface area contributed by atoms with Crippen molar-refractivity contribution in [3.63, 3.8) is 0 Å². The molecule has 1 heterocycles. The van der Waals surface area contributed by atoms with E-state index >= 15 is 0 Å². The second-order valence-corrected chi connectivity index (χ2v) is 8.56. The van der Waals surface area contributed by atoms with Gasteiger partial charge >= 0.3 is 0 Å². The van der Waals surface area contributed by atoms with E-state index in [-0.39, 0.29) is 44.0 Å². The maximum Gasteiger partial charge on any atom is 0.255 e. The minimum atomic E-state index is -4.32. The number of nitrogens with zero attached hydrogens (tertiary/aromatic N) is 1. The Morgan fingerprint density at radius 3 is 2.53 bits per heavy atom. The van der Waals surface area contributed by atoms with Crippen LogP contribution in [0.5, 0.6) is 0 Å². The Bertz CT molecular complexity index is 1050. The van der Waals surface area contributed by atoms with Crippen LogP contribution in [-0.2, 0) is 14.8 Å². The van der Waals surface area contributed by atoms with Crippen LogP contribution in [-0.4, -0.2) is 56.1 Å². The van der Waals surface area contributed by atoms with E-state index in [2.05, 4.69) is 5.32 Å². The van der Waals surface area contributed by atoms with Crippen molar-refractivity contribution in [3.05, 3.63) is 59.4 Å². The van der Waals surface area contributed by atoms with E-state index in [1.807, 2.05) is 0 Å². The molecule has 0 aromatic heterocycles. The van der Waals surface area contributed by atoms with Gasteiger partial charge in [0.15, 0.2) is 11.6 Å². The molecule has 2 aromatic carbocycles. The number of sulfonamides is 1. The lowest BCUT2D eigenvalue weighted by molar-refractivity contribution is 0.0130. The smallest absolute Gasteiger partial charge is 0.255 e. The number of benzene rings is 2. The second-order valence-electron chi connectivity index (χ2n) is 6.65. The Labute approximate surface area is 171 Å². The normalized spacial score (nSPS) is 18.5. The Hall–Kier alpha value is -2.47. The number of hydrogen-bond acceptors (Lipinski definition) is 5. The number of aliphatic hydroxyl groups excluding tert-OH is 1. The summed E-state index contributed by atoms with van der Waals surface area (Å²) < 4.78 is 72.7. The SMILES string of the molecule is O=C(Nc1ccc(F)c(F)c1)c1ccc(F)c(S(=O)(=O)N2CCOCC(O)CC2)c1. The molecule has 0 saturated carbocycles. The van der Waals surface area contributed by atoms with Crippen molar-refractivity contribution in [2.75, 3.05) is 31.6 Å². The fourth-order valence-electron chi connectivity index (χ4n) is 2.87. The summed E-state index contributed by atoms with van der Waals surface area (Å²) in [4.78, 5) is 11.7. The van der Waals surface area contributed by atoms with Crippen LogP contribution in [0.1, 0.15) is 16.8 Å². The maximum atomic E-state index is 14.4. The molecule has 1 unspecified atom stereocenters. The summed E-state index contributed by atoms with van der Waals surface area (Å²) in [5.74, 6) is -4.14. The molecule has 3 rings (SSSR count). The number of nitrogens with one attached hydrogen (secondary N) is 1. The third-order valence-electron chi connectivity index (χ3n) is 4.50. The molecule has 7 nitrogen and oxygen atoms in total. The van der Waals surface area contributed by atoms with Crippen LogP contribution in [0.3, 0.4) is 0 Å². The van der Waals surface area contributed by atoms with Gasteiger partial charge < -0.3 is 15.2 Å². The zero-order chi connectivity index (χ0) is 21.9. The zero-order valence-corrected chi connectivity index (χ0v) is 16.5. The summed E-state index contributed by atoms with van der Waals surface area (Å²) >= 11 is 0. The van der Waals surface area contributed by atoms with Crippen molar-refractivity contribution in [3.8, 4) is 0 Å². The molecule has 0 aliphatic carbocycles. The highest BCUT2D eigenvalue weighted by Crippen LogP contribution is 2.23. The molecule has 0 spiro atoms. The molecule has 0 bridgehead atoms. The van der Waals surface area contributed by atoms with Crippen molar-refractivity contribution < 1.29 is 36.2 Å². The van der Waals surface area contributed by atoms with E-state index < -0.39 is 44.4 Å². The van der Waals surface area contributed by atoms with Crippen LogP contribution < -0.4 is 5.32 Å². The predicted molar refractivity (Wildman–Crippen MR) is 101 cm³/mol. The van der Waals surface area contributed by atoms with Crippen molar-refractivity contribution in [1.82, 2.24) is 4.31 Å². The molecule has 2 N–H and O–H groups in total. The first-order valence-electron chi connectivity index (χ1n) is 9.00. The van der Waals surface area contributed by atoms with E-state index in [4.69, 9.17) is 4.74 Å². The topological polar surface area (TPSA) is 95.9 Å². The van der Waals surface area contributed by atoms with Gasteiger partial charge in [0.25, 0.3) is 5.91 Å². The van der Waals surface area contributed by atoms with Gasteiger partial charge in [-0.25, -0.2) is 21.6 Å². The number of halogens is 3. The monoisotopic (exact) mass is 444 g/mol. The average molecular weight is 444 g/mol. The summed E-state index contributed by atoms with van der Waals surface area (Å²) in [7, 11) is -4.32. The number of anilines is 1. The number of amides is 1. The van der Waals surface area contributed by atoms with Crippen LogP contribution in [0.15, 0.2) is 41.3 Å². The summed E-state index contributed by atoms with van der Waals surface area (Å²) in [5, 5.41) is 12.0. The van der Waals surface area contributed by atoms with Gasteiger partial charge in [0, 0.05) is 30.4 Å². The zero-order valence-electron chi connectivity index (χ0n) is 15.6. The third kappa shape index (κ3) is 4.98. The number of carbonyl (C=O) groups is 1. The largest absolute Gasteiger partial charge is 0.391 e. The Kier molecular flexibility index (Phi) is 6.76. The van der Waals surface area contributed by atoms with Gasteiger partial charge in [0.1, 0.15) is 10.7 Å². The fourth-order valence-corrected chi connectivity index (χ4v) is 4.40. The molecule has 2 aromatic rings. The first-order chi connectivity index (χ1) is 14.2. The van der Waals surface area contributed by atoms with Crippen LogP contribution in [0.25, 0.3) is 0 Å². The molecule has 1 aliphatic heterocycles. The first-order valence-corrected chi connectivity index (χ1v) is 10.4. The minimum Gasteiger partial charge on any atom is -0.391 e. The number of carbonyl (C=O) groups excluding carboxylic acids is 1. The third-order valence-corrected chi connectivity index (χ3v) is 6.41. The molecule has 1 aliphatic rings. The van der Waals surface area contributed by atoms with E-state index in [9.17, 15) is 31.5 Å². The second kappa shape index (κ2) is 9.13. The first kappa shape index (κ1) is 22.2. The lowest BCUT2D eigenvalue weighted by Gasteiger charge is -2.26. The van der Waals surface area contributed by atoms with Gasteiger partial charge in [-0.2, -0.15) is 4.31 Å². The summed E-state index contributed by atoms with van der Waals surface area (Å²) in [6.45, 7) is 0.0213. The van der Waals surface area contributed by atoms with Crippen molar-refractivity contribution in [2.45, 2.75) is 17.4 Å². The molecule has 1 fully saturated rings. The van der Waals surface area contributed by atoms with Gasteiger partial charge in [0.2, 0.25) is 10.0 Å². The fraction of sp³-hybridized carbons (Fsp3) is 0.316. The van der Waals surface area contributed by atoms with E-state index in [0.29, 0.717) is 0 Å². The number of ether oxygens (including phenoxy) is 1. The predicted octanol–water partition coefficient (Wildman–Crippen LogP) is 2.13. The van der Waals surface area contributed by atoms with Crippen molar-refractivity contribution in [1.29, 1.82) is 0 Å². The molecule has 1 amide bonds. The lowest BCUT2D eigenvalue weighted by atomic mass is 10.2. The van der Waals surface area contributed by atoms with E-state index in [1.54, 1.807) is 0 Å². The van der Waals surface area contributed by atoms with E-state index in [1.165, 1.54) is 0 Å². The van der Waals surface area contributed by atoms with Gasteiger partial charge in [-0.3, -0.25) is 4.79 Å². The van der Waals surface area contributed by atoms with Crippen LogP contribution in [0.2, 0.25) is 0 Å². The number of hydrogen-bond donors (Lipinski definition) is 2. The summed E-state index contributed by atoms with van der Waals surface area (Å²) in [6.07, 6.45) is -0.738. The summed E-state index contributed by atoms with van der Waals surface area (Å²) in [6, 6.07) is 5.50. The highest BCUT2D eigenvalue weighted by molar-refractivity contribution is 7.89. The minimum absolute atomic E-state index is 0.0220. The van der Waals surface area contributed by atoms with Crippen LogP contribution in [0.4, 0.5) is 18.9 Å². The number of rotatable bonds is 4. The highest BCUT2D eigenvalue weighted by atomic mass is 32.2. The van der Waals surface area contributed by atoms with E-state index in [0.717, 1.165) is 40.7 Å². The standard InChI is InChI=1S/C19H19F3N2O5S/c20-15-4-2-13(10-17(15)22)23-19(26)12-1-3-16(21)18(9-12)30(27,28)24-6-5-14(25)11-29-8-7-24/h1-4,9-10,14,25H,5-8,11H2,(H,23,26). The van der Waals surface area contributed by atoms with Gasteiger partial charge in [-0.15, -0.1) is 0 Å². The van der Waals surface area contributed by atoms with Gasteiger partial charge in [-0.1, -0.05) is 0 Å². The highest BCUT2D eigenvalue weighted by Gasteiger charge is 2.30. The molecular formula is C19H19F3N2O5S. The molecule has 30 heavy (non-hydrogen) atoms. The maximum absolute atomic E-state index is 14.4. The molecule has 162 valence electrons. The van der Waals surface area contributed by atoms with Crippen LogP contribution in [0, 0.1) is 17.5 Å². The molecule has 1 atom stereocenters. The summed E-state index contributed by atoms with van der Waals surface area (Å²) in [5.41, 5.74) is -0.245. The Morgan fingerprint density at radius 1 is 1.07 bits per heavy atom. The molecule has 11 heteroatoms. The quantitative estimate of drug-likeness (QED) is 0.753. The molecule has 1 saturated heterocycles.